The Balaban J connectivity index is 1.75. The summed E-state index contributed by atoms with van der Waals surface area (Å²) in [5.41, 5.74) is 4.35. The van der Waals surface area contributed by atoms with Crippen LogP contribution in [0.4, 0.5) is 0 Å². The Kier molecular flexibility index (Phi) is 6.40. The summed E-state index contributed by atoms with van der Waals surface area (Å²) < 4.78 is 11.1. The quantitative estimate of drug-likeness (QED) is 0.665. The first-order chi connectivity index (χ1) is 13.4. The van der Waals surface area contributed by atoms with Crippen LogP contribution in [0.25, 0.3) is 6.08 Å². The number of fused-ring (bicyclic) bond motifs is 1. The molecule has 0 spiro atoms. The lowest BCUT2D eigenvalue weighted by molar-refractivity contribution is -0.143. The first-order valence-corrected chi connectivity index (χ1v) is 10.0. The zero-order valence-corrected chi connectivity index (χ0v) is 17.6. The average molecular weight is 400 g/mol. The van der Waals surface area contributed by atoms with Crippen LogP contribution in [0.15, 0.2) is 29.3 Å². The molecule has 1 unspecified atom stereocenters. The number of hydrogen-bond acceptors (Lipinski definition) is 4. The van der Waals surface area contributed by atoms with Crippen molar-refractivity contribution in [1.82, 2.24) is 0 Å². The van der Waals surface area contributed by atoms with Crippen molar-refractivity contribution in [3.05, 3.63) is 62.1 Å². The van der Waals surface area contributed by atoms with Gasteiger partial charge in [0.25, 0.3) is 0 Å². The summed E-state index contributed by atoms with van der Waals surface area (Å²) >= 11 is 6.26. The van der Waals surface area contributed by atoms with Crippen LogP contribution in [-0.4, -0.2) is 18.6 Å². The number of rotatable bonds is 7. The van der Waals surface area contributed by atoms with Gasteiger partial charge in [0.1, 0.15) is 12.4 Å². The topological polar surface area (TPSA) is 47.9 Å². The van der Waals surface area contributed by atoms with E-state index in [1.165, 1.54) is 0 Å². The van der Waals surface area contributed by atoms with Crippen molar-refractivity contribution in [3.8, 4) is 5.75 Å². The van der Waals surface area contributed by atoms with Gasteiger partial charge in [0.15, 0.2) is 0 Å². The van der Waals surface area contributed by atoms with Gasteiger partial charge in [-0.1, -0.05) is 23.7 Å². The fourth-order valence-electron chi connectivity index (χ4n) is 3.48. The summed E-state index contributed by atoms with van der Waals surface area (Å²) in [5, 5.41) is 2.73. The summed E-state index contributed by atoms with van der Waals surface area (Å²) in [4.78, 5) is 16.3. The summed E-state index contributed by atoms with van der Waals surface area (Å²) in [6.45, 7) is 8.81. The van der Waals surface area contributed by atoms with Crippen molar-refractivity contribution in [2.24, 2.45) is 4.99 Å². The van der Waals surface area contributed by atoms with E-state index in [4.69, 9.17) is 21.1 Å². The Morgan fingerprint density at radius 1 is 1.18 bits per heavy atom. The highest BCUT2D eigenvalue weighted by Gasteiger charge is 2.12. The molecular weight excluding hydrogens is 374 g/mol. The molecule has 0 saturated carbocycles. The van der Waals surface area contributed by atoms with Crippen molar-refractivity contribution < 1.29 is 14.3 Å². The molecule has 4 nitrogen and oxygen atoms in total. The van der Waals surface area contributed by atoms with Crippen LogP contribution in [0.1, 0.15) is 42.5 Å². The Bertz CT molecular complexity index is 1010. The van der Waals surface area contributed by atoms with E-state index in [1.54, 1.807) is 0 Å². The van der Waals surface area contributed by atoms with Gasteiger partial charge in [0.05, 0.1) is 18.0 Å². The second-order valence-electron chi connectivity index (χ2n) is 7.11. The van der Waals surface area contributed by atoms with E-state index in [0.29, 0.717) is 31.1 Å². The molecule has 0 N–H and O–H groups in total. The molecule has 0 aromatic heterocycles. The summed E-state index contributed by atoms with van der Waals surface area (Å²) in [6, 6.07) is 8.03. The van der Waals surface area contributed by atoms with Gasteiger partial charge in [-0.15, -0.1) is 0 Å². The number of esters is 1. The molecule has 2 aromatic carbocycles. The van der Waals surface area contributed by atoms with Gasteiger partial charge in [-0.3, -0.25) is 9.79 Å². The number of hydrogen-bond donors (Lipinski definition) is 0. The molecule has 3 rings (SSSR count). The molecule has 28 heavy (non-hydrogen) atoms. The molecule has 0 aliphatic carbocycles. The molecule has 1 atom stereocenters. The molecule has 0 radical (unpaired) electrons. The third kappa shape index (κ3) is 4.56. The van der Waals surface area contributed by atoms with E-state index in [-0.39, 0.29) is 12.0 Å². The number of aryl methyl sites for hydroxylation is 1. The molecular formula is C23H26ClNO3. The van der Waals surface area contributed by atoms with Crippen LogP contribution in [0.3, 0.4) is 0 Å². The van der Waals surface area contributed by atoms with Crippen molar-refractivity contribution in [2.45, 2.75) is 53.2 Å². The number of ether oxygens (including phenoxy) is 2. The summed E-state index contributed by atoms with van der Waals surface area (Å²) in [7, 11) is 0. The Morgan fingerprint density at radius 3 is 2.71 bits per heavy atom. The number of carbonyl (C=O) groups excluding carboxylic acids is 1. The summed E-state index contributed by atoms with van der Waals surface area (Å²) in [5.74, 6) is 0.672. The highest BCUT2D eigenvalue weighted by Crippen LogP contribution is 2.26. The third-order valence-electron chi connectivity index (χ3n) is 5.07. The fourth-order valence-corrected chi connectivity index (χ4v) is 3.73. The van der Waals surface area contributed by atoms with Crippen LogP contribution in [-0.2, 0) is 22.6 Å². The maximum absolute atomic E-state index is 11.6. The van der Waals surface area contributed by atoms with E-state index in [9.17, 15) is 4.79 Å². The minimum absolute atomic E-state index is 0.162. The predicted molar refractivity (Wildman–Crippen MR) is 111 cm³/mol. The van der Waals surface area contributed by atoms with Crippen molar-refractivity contribution in [3.63, 3.8) is 0 Å². The van der Waals surface area contributed by atoms with Crippen LogP contribution >= 0.6 is 11.6 Å². The Hall–Kier alpha value is -2.33. The maximum atomic E-state index is 11.6. The standard InChI is InChI=1S/C23H26ClNO3/c1-5-27-22(26)9-7-17-6-8-21(16(4)15(17)3)28-13-19-12-20(24)11-18-10-14(2)25-23(18)19/h6,8,10-12,14H,5,7,9,13H2,1-4H3. The van der Waals surface area contributed by atoms with Crippen LogP contribution < -0.4 is 15.3 Å². The summed E-state index contributed by atoms with van der Waals surface area (Å²) in [6.07, 6.45) is 3.16. The SMILES string of the molecule is CCOC(=O)CCc1ccc(OCc2cc(Cl)cc3c2=NC(C)C=3)c(C)c1C. The van der Waals surface area contributed by atoms with Crippen molar-refractivity contribution >= 4 is 23.6 Å². The molecule has 148 valence electrons. The van der Waals surface area contributed by atoms with E-state index >= 15 is 0 Å². The average Bonchev–Trinajstić information content (AvgIpc) is 3.02. The minimum Gasteiger partial charge on any atom is -0.489 e. The normalized spacial score (nSPS) is 14.8. The minimum atomic E-state index is -0.163. The van der Waals surface area contributed by atoms with Crippen molar-refractivity contribution in [2.75, 3.05) is 6.61 Å². The number of halogens is 1. The molecule has 0 amide bonds. The Morgan fingerprint density at radius 2 is 1.96 bits per heavy atom. The first kappa shape index (κ1) is 20.4. The Labute approximate surface area is 170 Å². The van der Waals surface area contributed by atoms with Crippen LogP contribution in [0.5, 0.6) is 5.75 Å². The van der Waals surface area contributed by atoms with Gasteiger partial charge in [-0.25, -0.2) is 0 Å². The molecule has 0 bridgehead atoms. The van der Waals surface area contributed by atoms with E-state index in [1.807, 2.05) is 38.1 Å². The number of carbonyl (C=O) groups is 1. The molecule has 2 aromatic rings. The number of nitrogens with zero attached hydrogens (tertiary/aromatic N) is 1. The second kappa shape index (κ2) is 8.78. The maximum Gasteiger partial charge on any atom is 0.306 e. The van der Waals surface area contributed by atoms with E-state index in [0.717, 1.165) is 38.6 Å². The van der Waals surface area contributed by atoms with Gasteiger partial charge in [0, 0.05) is 17.0 Å². The van der Waals surface area contributed by atoms with E-state index < -0.39 is 0 Å². The zero-order valence-electron chi connectivity index (χ0n) is 16.8. The molecule has 1 heterocycles. The molecule has 0 saturated heterocycles. The second-order valence-corrected chi connectivity index (χ2v) is 7.54. The van der Waals surface area contributed by atoms with Crippen LogP contribution in [0.2, 0.25) is 5.02 Å². The van der Waals surface area contributed by atoms with Gasteiger partial charge >= 0.3 is 5.97 Å². The first-order valence-electron chi connectivity index (χ1n) is 9.64. The van der Waals surface area contributed by atoms with Gasteiger partial charge in [-0.05, 0) is 74.2 Å². The van der Waals surface area contributed by atoms with Gasteiger partial charge in [0.2, 0.25) is 0 Å². The smallest absolute Gasteiger partial charge is 0.306 e. The highest BCUT2D eigenvalue weighted by atomic mass is 35.5. The van der Waals surface area contributed by atoms with E-state index in [2.05, 4.69) is 24.9 Å². The van der Waals surface area contributed by atoms with Gasteiger partial charge < -0.3 is 9.47 Å². The highest BCUT2D eigenvalue weighted by molar-refractivity contribution is 6.30. The third-order valence-corrected chi connectivity index (χ3v) is 5.29. The zero-order chi connectivity index (χ0) is 20.3. The molecule has 1 aliphatic rings. The van der Waals surface area contributed by atoms with Crippen LogP contribution in [0, 0.1) is 13.8 Å². The lowest BCUT2D eigenvalue weighted by Gasteiger charge is -2.15. The predicted octanol–water partition coefficient (Wildman–Crippen LogP) is 3.83. The largest absolute Gasteiger partial charge is 0.489 e. The monoisotopic (exact) mass is 399 g/mol. The van der Waals surface area contributed by atoms with Gasteiger partial charge in [-0.2, -0.15) is 0 Å². The molecule has 5 heteroatoms. The lowest BCUT2D eigenvalue weighted by atomic mass is 9.99. The van der Waals surface area contributed by atoms with Crippen molar-refractivity contribution in [1.29, 1.82) is 0 Å². The lowest BCUT2D eigenvalue weighted by Crippen LogP contribution is -2.27. The molecule has 1 aliphatic heterocycles. The fraction of sp³-hybridized carbons (Fsp3) is 0.391. The molecule has 0 fully saturated rings. The number of benzene rings is 2.